The van der Waals surface area contributed by atoms with E-state index >= 15 is 0 Å². The normalized spacial score (nSPS) is 27.6. The van der Waals surface area contributed by atoms with Crippen molar-refractivity contribution in [2.24, 2.45) is 0 Å². The summed E-state index contributed by atoms with van der Waals surface area (Å²) in [7, 11) is 1.65. The maximum absolute atomic E-state index is 11.0. The van der Waals surface area contributed by atoms with E-state index in [1.807, 2.05) is 0 Å². The van der Waals surface area contributed by atoms with Gasteiger partial charge in [0.05, 0.1) is 6.04 Å². The zero-order valence-electron chi connectivity index (χ0n) is 6.07. The summed E-state index contributed by atoms with van der Waals surface area (Å²) in [6.45, 7) is 0.619. The van der Waals surface area contributed by atoms with Gasteiger partial charge in [-0.2, -0.15) is 0 Å². The molecule has 1 aliphatic rings. The monoisotopic (exact) mass is 177 g/mol. The van der Waals surface area contributed by atoms with E-state index in [-0.39, 0.29) is 5.91 Å². The topological polar surface area (TPSA) is 72.5 Å². The highest BCUT2D eigenvalue weighted by molar-refractivity contribution is 7.77. The van der Waals surface area contributed by atoms with E-state index in [4.69, 9.17) is 0 Å². The van der Waals surface area contributed by atoms with Gasteiger partial charge in [-0.25, -0.2) is 4.72 Å². The van der Waals surface area contributed by atoms with Gasteiger partial charge in [-0.05, 0) is 6.42 Å². The predicted octanol–water partition coefficient (Wildman–Crippen LogP) is -1.40. The van der Waals surface area contributed by atoms with Crippen LogP contribution in [0.2, 0.25) is 0 Å². The molecule has 0 aromatic heterocycles. The summed E-state index contributed by atoms with van der Waals surface area (Å²) in [4.78, 5) is 12.5. The standard InChI is InChI=1S/C5H10N2O3S/c1-7-3-2-4(5(7)8)6-11(9)10/h4,6H,2-3H2,1H3,(H,9,10)/p-1/t4-/m0/s1. The second kappa shape index (κ2) is 3.29. The molecule has 0 aromatic carbocycles. The molecule has 0 bridgehead atoms. The minimum atomic E-state index is -2.34. The third kappa shape index (κ3) is 1.98. The lowest BCUT2D eigenvalue weighted by Crippen LogP contribution is -2.37. The summed E-state index contributed by atoms with van der Waals surface area (Å²) in [6.07, 6.45) is 0.559. The van der Waals surface area contributed by atoms with E-state index in [0.29, 0.717) is 13.0 Å². The highest BCUT2D eigenvalue weighted by Gasteiger charge is 2.28. The number of amides is 1. The zero-order chi connectivity index (χ0) is 8.43. The highest BCUT2D eigenvalue weighted by atomic mass is 32.2. The van der Waals surface area contributed by atoms with Gasteiger partial charge < -0.3 is 9.45 Å². The number of nitrogens with one attached hydrogen (secondary N) is 1. The average Bonchev–Trinajstić information content (AvgIpc) is 2.18. The van der Waals surface area contributed by atoms with Crippen molar-refractivity contribution in [1.29, 1.82) is 0 Å². The quantitative estimate of drug-likeness (QED) is 0.527. The van der Waals surface area contributed by atoms with E-state index in [2.05, 4.69) is 4.72 Å². The Kier molecular flexibility index (Phi) is 2.58. The van der Waals surface area contributed by atoms with Crippen molar-refractivity contribution in [3.05, 3.63) is 0 Å². The van der Waals surface area contributed by atoms with Crippen molar-refractivity contribution in [3.8, 4) is 0 Å². The van der Waals surface area contributed by atoms with Crippen molar-refractivity contribution >= 4 is 17.2 Å². The summed E-state index contributed by atoms with van der Waals surface area (Å²) in [5, 5.41) is 0. The van der Waals surface area contributed by atoms with Crippen LogP contribution in [0.4, 0.5) is 0 Å². The van der Waals surface area contributed by atoms with E-state index in [0.717, 1.165) is 0 Å². The van der Waals surface area contributed by atoms with Crippen LogP contribution in [0.1, 0.15) is 6.42 Å². The molecule has 1 aliphatic heterocycles. The summed E-state index contributed by atoms with van der Waals surface area (Å²) < 4.78 is 22.4. The summed E-state index contributed by atoms with van der Waals surface area (Å²) in [5.74, 6) is -0.158. The Morgan fingerprint density at radius 1 is 1.82 bits per heavy atom. The molecular formula is C5H9N2O3S-. The summed E-state index contributed by atoms with van der Waals surface area (Å²) >= 11 is -2.34. The van der Waals surface area contributed by atoms with Gasteiger partial charge in [0.15, 0.2) is 0 Å². The number of hydrogen-bond donors (Lipinski definition) is 1. The van der Waals surface area contributed by atoms with Gasteiger partial charge in [-0.3, -0.25) is 9.00 Å². The smallest absolute Gasteiger partial charge is 0.240 e. The molecule has 1 unspecified atom stereocenters. The number of rotatable bonds is 2. The Morgan fingerprint density at radius 2 is 2.45 bits per heavy atom. The maximum Gasteiger partial charge on any atom is 0.240 e. The summed E-state index contributed by atoms with van der Waals surface area (Å²) in [6, 6.07) is -0.543. The Hall–Kier alpha value is -0.460. The van der Waals surface area contributed by atoms with E-state index in [1.54, 1.807) is 7.05 Å². The van der Waals surface area contributed by atoms with E-state index < -0.39 is 17.3 Å². The molecule has 0 aliphatic carbocycles. The molecule has 1 N–H and O–H groups in total. The van der Waals surface area contributed by atoms with Crippen molar-refractivity contribution in [2.45, 2.75) is 12.5 Å². The van der Waals surface area contributed by atoms with Crippen LogP contribution in [-0.2, 0) is 16.1 Å². The molecule has 0 saturated carbocycles. The lowest BCUT2D eigenvalue weighted by molar-refractivity contribution is -0.127. The van der Waals surface area contributed by atoms with Crippen LogP contribution in [0.5, 0.6) is 0 Å². The third-order valence-electron chi connectivity index (χ3n) is 1.67. The SMILES string of the molecule is CN1CC[C@H](NS(=O)[O-])C1=O. The Bertz CT molecular complexity index is 196. The largest absolute Gasteiger partial charge is 0.760 e. The summed E-state index contributed by atoms with van der Waals surface area (Å²) in [5.41, 5.74) is 0. The van der Waals surface area contributed by atoms with Crippen LogP contribution in [0.15, 0.2) is 0 Å². The molecule has 0 spiro atoms. The van der Waals surface area contributed by atoms with Gasteiger partial charge in [0.2, 0.25) is 5.91 Å². The van der Waals surface area contributed by atoms with Gasteiger partial charge in [0, 0.05) is 24.9 Å². The first kappa shape index (κ1) is 8.63. The maximum atomic E-state index is 11.0. The number of carbonyl (C=O) groups is 1. The molecule has 1 saturated heterocycles. The minimum absolute atomic E-state index is 0.158. The lowest BCUT2D eigenvalue weighted by atomic mass is 10.3. The fourth-order valence-electron chi connectivity index (χ4n) is 1.05. The van der Waals surface area contributed by atoms with Crippen LogP contribution in [-0.4, -0.2) is 39.2 Å². The van der Waals surface area contributed by atoms with E-state index in [9.17, 15) is 13.6 Å². The first-order valence-electron chi connectivity index (χ1n) is 3.21. The van der Waals surface area contributed by atoms with Crippen LogP contribution < -0.4 is 4.72 Å². The molecule has 1 fully saturated rings. The molecule has 11 heavy (non-hydrogen) atoms. The average molecular weight is 177 g/mol. The van der Waals surface area contributed by atoms with Gasteiger partial charge in [-0.1, -0.05) is 0 Å². The fourth-order valence-corrected chi connectivity index (χ4v) is 1.50. The third-order valence-corrected chi connectivity index (χ3v) is 2.14. The van der Waals surface area contributed by atoms with Crippen LogP contribution >= 0.6 is 0 Å². The number of nitrogens with zero attached hydrogens (tertiary/aromatic N) is 1. The molecule has 6 heteroatoms. The number of hydrogen-bond acceptors (Lipinski definition) is 3. The van der Waals surface area contributed by atoms with Crippen LogP contribution in [0.3, 0.4) is 0 Å². The first-order valence-corrected chi connectivity index (χ1v) is 4.29. The molecule has 1 amide bonds. The van der Waals surface area contributed by atoms with Crippen molar-refractivity contribution in [2.75, 3.05) is 13.6 Å². The molecular weight excluding hydrogens is 168 g/mol. The number of carbonyl (C=O) groups excluding carboxylic acids is 1. The number of likely N-dealkylation sites (tertiary alicyclic amines) is 1. The lowest BCUT2D eigenvalue weighted by Gasteiger charge is -2.13. The van der Waals surface area contributed by atoms with Gasteiger partial charge in [0.1, 0.15) is 0 Å². The van der Waals surface area contributed by atoms with Gasteiger partial charge >= 0.3 is 0 Å². The van der Waals surface area contributed by atoms with Gasteiger partial charge in [0.25, 0.3) is 0 Å². The molecule has 0 radical (unpaired) electrons. The second-order valence-electron chi connectivity index (χ2n) is 2.45. The van der Waals surface area contributed by atoms with E-state index in [1.165, 1.54) is 4.90 Å². The molecule has 2 atom stereocenters. The first-order chi connectivity index (χ1) is 5.11. The molecule has 0 aromatic rings. The molecule has 5 nitrogen and oxygen atoms in total. The molecule has 1 rings (SSSR count). The Labute approximate surface area is 67.2 Å². The highest BCUT2D eigenvalue weighted by Crippen LogP contribution is 2.07. The zero-order valence-corrected chi connectivity index (χ0v) is 6.89. The van der Waals surface area contributed by atoms with Gasteiger partial charge in [-0.15, -0.1) is 0 Å². The predicted molar refractivity (Wildman–Crippen MR) is 38.1 cm³/mol. The van der Waals surface area contributed by atoms with Crippen molar-refractivity contribution < 1.29 is 13.6 Å². The molecule has 1 heterocycles. The minimum Gasteiger partial charge on any atom is -0.760 e. The Morgan fingerprint density at radius 3 is 2.82 bits per heavy atom. The van der Waals surface area contributed by atoms with Crippen LogP contribution in [0, 0.1) is 0 Å². The van der Waals surface area contributed by atoms with Crippen molar-refractivity contribution in [1.82, 2.24) is 9.62 Å². The molecule has 64 valence electrons. The number of likely N-dealkylation sites (N-methyl/N-ethyl adjacent to an activating group) is 1. The Balaban J connectivity index is 2.49. The van der Waals surface area contributed by atoms with Crippen molar-refractivity contribution in [3.63, 3.8) is 0 Å². The second-order valence-corrected chi connectivity index (χ2v) is 3.16. The van der Waals surface area contributed by atoms with Crippen LogP contribution in [0.25, 0.3) is 0 Å². The fraction of sp³-hybridized carbons (Fsp3) is 0.800.